The maximum atomic E-state index is 12.1. The van der Waals surface area contributed by atoms with Gasteiger partial charge in [-0.3, -0.25) is 9.59 Å². The maximum absolute atomic E-state index is 12.1. The fourth-order valence-corrected chi connectivity index (χ4v) is 1.80. The second-order valence-corrected chi connectivity index (χ2v) is 4.70. The summed E-state index contributed by atoms with van der Waals surface area (Å²) in [5.74, 6) is -1.01. The highest BCUT2D eigenvalue weighted by Crippen LogP contribution is 2.18. The number of esters is 1. The molecule has 1 amide bonds. The van der Waals surface area contributed by atoms with E-state index in [9.17, 15) is 9.59 Å². The van der Waals surface area contributed by atoms with Crippen LogP contribution in [0, 0.1) is 11.3 Å². The van der Waals surface area contributed by atoms with Crippen LogP contribution in [0.5, 0.6) is 0 Å². The highest BCUT2D eigenvalue weighted by Gasteiger charge is 2.15. The van der Waals surface area contributed by atoms with E-state index >= 15 is 0 Å². The van der Waals surface area contributed by atoms with Gasteiger partial charge in [0.15, 0.2) is 0 Å². The molecule has 110 valence electrons. The number of hydrogen-bond donors (Lipinski definition) is 0. The van der Waals surface area contributed by atoms with Crippen LogP contribution in [-0.4, -0.2) is 37.0 Å². The van der Waals surface area contributed by atoms with E-state index in [4.69, 9.17) is 16.9 Å². The van der Waals surface area contributed by atoms with E-state index < -0.39 is 11.9 Å². The van der Waals surface area contributed by atoms with E-state index in [1.165, 1.54) is 13.2 Å². The Morgan fingerprint density at radius 1 is 1.48 bits per heavy atom. The van der Waals surface area contributed by atoms with Crippen molar-refractivity contribution < 1.29 is 14.3 Å². The molecule has 21 heavy (non-hydrogen) atoms. The second-order valence-electron chi connectivity index (χ2n) is 4.27. The Balaban J connectivity index is 2.91. The van der Waals surface area contributed by atoms with Crippen LogP contribution in [0.4, 0.5) is 0 Å². The molecule has 0 aliphatic heterocycles. The van der Waals surface area contributed by atoms with Gasteiger partial charge in [0.25, 0.3) is 0 Å². The Labute approximate surface area is 128 Å². The van der Waals surface area contributed by atoms with Crippen molar-refractivity contribution >= 4 is 29.1 Å². The predicted octanol–water partition coefficient (Wildman–Crippen LogP) is 2.27. The lowest BCUT2D eigenvalue weighted by molar-refractivity contribution is -0.145. The largest absolute Gasteiger partial charge is 0.468 e. The van der Waals surface area contributed by atoms with Crippen LogP contribution in [0.3, 0.4) is 0 Å². The van der Waals surface area contributed by atoms with Gasteiger partial charge in [0.2, 0.25) is 5.91 Å². The van der Waals surface area contributed by atoms with E-state index in [0.717, 1.165) is 10.5 Å². The summed E-state index contributed by atoms with van der Waals surface area (Å²) in [6.07, 6.45) is 1.37. The monoisotopic (exact) mass is 306 g/mol. The van der Waals surface area contributed by atoms with E-state index in [2.05, 4.69) is 4.74 Å². The standard InChI is InChI=1S/C15H15ClN2O3/c1-11(12-4-3-5-13(16)9-12)8-14(19)18(7-6-17)10-15(20)21-2/h3-5,8-9H,7,10H2,1-2H3/b11-8+. The number of amides is 1. The number of methoxy groups -OCH3 is 1. The topological polar surface area (TPSA) is 70.4 Å². The van der Waals surface area contributed by atoms with Crippen LogP contribution in [0.25, 0.3) is 5.57 Å². The average Bonchev–Trinajstić information content (AvgIpc) is 2.46. The molecule has 0 heterocycles. The minimum atomic E-state index is -0.576. The SMILES string of the molecule is COC(=O)CN(CC#N)C(=O)/C=C(\C)c1cccc(Cl)c1. The number of allylic oxidation sites excluding steroid dienone is 1. The van der Waals surface area contributed by atoms with Crippen LogP contribution in [0.1, 0.15) is 12.5 Å². The van der Waals surface area contributed by atoms with Gasteiger partial charge in [-0.2, -0.15) is 5.26 Å². The number of nitriles is 1. The third-order valence-electron chi connectivity index (χ3n) is 2.74. The summed E-state index contributed by atoms with van der Waals surface area (Å²) >= 11 is 5.90. The molecule has 0 unspecified atom stereocenters. The number of carbonyl (C=O) groups excluding carboxylic acids is 2. The van der Waals surface area contributed by atoms with Crippen LogP contribution in [0.15, 0.2) is 30.3 Å². The zero-order valence-corrected chi connectivity index (χ0v) is 12.6. The fourth-order valence-electron chi connectivity index (χ4n) is 1.61. The van der Waals surface area contributed by atoms with Crippen molar-refractivity contribution in [3.8, 4) is 6.07 Å². The van der Waals surface area contributed by atoms with Gasteiger partial charge in [-0.25, -0.2) is 0 Å². The lowest BCUT2D eigenvalue weighted by atomic mass is 10.1. The normalized spacial score (nSPS) is 10.7. The van der Waals surface area contributed by atoms with Crippen LogP contribution in [-0.2, 0) is 14.3 Å². The molecule has 0 N–H and O–H groups in total. The van der Waals surface area contributed by atoms with Crippen molar-refractivity contribution in [1.82, 2.24) is 4.90 Å². The molecule has 0 aromatic heterocycles. The van der Waals surface area contributed by atoms with E-state index in [0.29, 0.717) is 10.6 Å². The molecular weight excluding hydrogens is 292 g/mol. The number of halogens is 1. The first kappa shape index (κ1) is 16.7. The number of nitrogens with zero attached hydrogens (tertiary/aromatic N) is 2. The molecular formula is C15H15ClN2O3. The lowest BCUT2D eigenvalue weighted by Gasteiger charge is -2.16. The second kappa shape index (κ2) is 8.08. The molecule has 0 spiro atoms. The van der Waals surface area contributed by atoms with Crippen LogP contribution >= 0.6 is 11.6 Å². The van der Waals surface area contributed by atoms with Gasteiger partial charge in [-0.1, -0.05) is 23.7 Å². The maximum Gasteiger partial charge on any atom is 0.325 e. The predicted molar refractivity (Wildman–Crippen MR) is 79.3 cm³/mol. The van der Waals surface area contributed by atoms with Gasteiger partial charge in [0.05, 0.1) is 13.2 Å². The van der Waals surface area contributed by atoms with E-state index in [1.807, 2.05) is 12.1 Å². The van der Waals surface area contributed by atoms with Crippen LogP contribution < -0.4 is 0 Å². The van der Waals surface area contributed by atoms with Crippen molar-refractivity contribution in [3.05, 3.63) is 40.9 Å². The zero-order valence-electron chi connectivity index (χ0n) is 11.8. The summed E-state index contributed by atoms with van der Waals surface area (Å²) in [6, 6.07) is 8.91. The third-order valence-corrected chi connectivity index (χ3v) is 2.98. The van der Waals surface area contributed by atoms with E-state index in [-0.39, 0.29) is 13.1 Å². The minimum Gasteiger partial charge on any atom is -0.468 e. The van der Waals surface area contributed by atoms with E-state index in [1.54, 1.807) is 25.1 Å². The quantitative estimate of drug-likeness (QED) is 0.475. The molecule has 5 nitrogen and oxygen atoms in total. The summed E-state index contributed by atoms with van der Waals surface area (Å²) in [5, 5.41) is 9.29. The molecule has 0 saturated heterocycles. The highest BCUT2D eigenvalue weighted by atomic mass is 35.5. The summed E-state index contributed by atoms with van der Waals surface area (Å²) in [7, 11) is 1.23. The molecule has 0 aliphatic carbocycles. The van der Waals surface area contributed by atoms with Gasteiger partial charge >= 0.3 is 5.97 Å². The molecule has 0 saturated carbocycles. The van der Waals surface area contributed by atoms with Crippen molar-refractivity contribution in [2.75, 3.05) is 20.2 Å². The smallest absolute Gasteiger partial charge is 0.325 e. The molecule has 0 atom stereocenters. The van der Waals surface area contributed by atoms with Crippen molar-refractivity contribution in [3.63, 3.8) is 0 Å². The van der Waals surface area contributed by atoms with Gasteiger partial charge in [0, 0.05) is 11.1 Å². The first-order valence-corrected chi connectivity index (χ1v) is 6.52. The molecule has 1 aromatic rings. The number of rotatable bonds is 5. The first-order chi connectivity index (χ1) is 9.97. The molecule has 0 fully saturated rings. The number of benzene rings is 1. The van der Waals surface area contributed by atoms with Crippen LogP contribution in [0.2, 0.25) is 5.02 Å². The van der Waals surface area contributed by atoms with Gasteiger partial charge in [-0.05, 0) is 30.2 Å². The molecule has 1 aromatic carbocycles. The summed E-state index contributed by atoms with van der Waals surface area (Å²) in [6.45, 7) is 1.31. The Kier molecular flexibility index (Phi) is 6.44. The Bertz CT molecular complexity index is 605. The fraction of sp³-hybridized carbons (Fsp3) is 0.267. The third kappa shape index (κ3) is 5.28. The Morgan fingerprint density at radius 3 is 2.76 bits per heavy atom. The summed E-state index contributed by atoms with van der Waals surface area (Å²) in [4.78, 5) is 24.5. The lowest BCUT2D eigenvalue weighted by Crippen LogP contribution is -2.35. The average molecular weight is 307 g/mol. The van der Waals surface area contributed by atoms with Crippen molar-refractivity contribution in [1.29, 1.82) is 5.26 Å². The summed E-state index contributed by atoms with van der Waals surface area (Å²) in [5.41, 5.74) is 1.49. The van der Waals surface area contributed by atoms with Crippen molar-refractivity contribution in [2.24, 2.45) is 0 Å². The van der Waals surface area contributed by atoms with Crippen molar-refractivity contribution in [2.45, 2.75) is 6.92 Å². The molecule has 0 aliphatic rings. The van der Waals surface area contributed by atoms with Gasteiger partial charge < -0.3 is 9.64 Å². The summed E-state index contributed by atoms with van der Waals surface area (Å²) < 4.78 is 4.50. The van der Waals surface area contributed by atoms with Gasteiger partial charge in [0.1, 0.15) is 13.1 Å². The Hall–Kier alpha value is -2.32. The highest BCUT2D eigenvalue weighted by molar-refractivity contribution is 6.30. The zero-order chi connectivity index (χ0) is 15.8. The molecule has 6 heteroatoms. The minimum absolute atomic E-state index is 0.187. The molecule has 1 rings (SSSR count). The number of ether oxygens (including phenoxy) is 1. The molecule has 0 radical (unpaired) electrons. The molecule has 0 bridgehead atoms. The first-order valence-electron chi connectivity index (χ1n) is 6.15. The van der Waals surface area contributed by atoms with Gasteiger partial charge in [-0.15, -0.1) is 0 Å². The number of hydrogen-bond acceptors (Lipinski definition) is 4. The Morgan fingerprint density at radius 2 is 2.19 bits per heavy atom. The number of carbonyl (C=O) groups is 2.